The van der Waals surface area contributed by atoms with Gasteiger partial charge in [0.1, 0.15) is 5.02 Å². The van der Waals surface area contributed by atoms with Crippen molar-refractivity contribution < 1.29 is 14.5 Å². The first-order valence-electron chi connectivity index (χ1n) is 7.75. The monoisotopic (exact) mass is 375 g/mol. The van der Waals surface area contributed by atoms with Gasteiger partial charge in [-0.3, -0.25) is 19.7 Å². The number of nitrogens with one attached hydrogen (secondary N) is 2. The van der Waals surface area contributed by atoms with Crippen LogP contribution in [0.3, 0.4) is 0 Å². The van der Waals surface area contributed by atoms with Gasteiger partial charge in [0.15, 0.2) is 0 Å². The van der Waals surface area contributed by atoms with E-state index in [1.54, 1.807) is 24.3 Å². The minimum Gasteiger partial charge on any atom is -0.347 e. The third-order valence-electron chi connectivity index (χ3n) is 3.31. The van der Waals surface area contributed by atoms with Crippen LogP contribution in [0.4, 0.5) is 11.4 Å². The maximum Gasteiger partial charge on any atom is 0.288 e. The van der Waals surface area contributed by atoms with Gasteiger partial charge in [0.25, 0.3) is 17.5 Å². The van der Waals surface area contributed by atoms with Crippen LogP contribution in [0.15, 0.2) is 42.5 Å². The van der Waals surface area contributed by atoms with Crippen molar-refractivity contribution in [2.24, 2.45) is 0 Å². The highest BCUT2D eigenvalue weighted by molar-refractivity contribution is 6.32. The normalized spacial score (nSPS) is 10.9. The largest absolute Gasteiger partial charge is 0.347 e. The maximum absolute atomic E-state index is 12.5. The van der Waals surface area contributed by atoms with Crippen molar-refractivity contribution in [3.05, 3.63) is 68.7 Å². The van der Waals surface area contributed by atoms with Crippen LogP contribution in [0.1, 0.15) is 41.5 Å². The fraction of sp³-hybridized carbons (Fsp3) is 0.222. The number of benzene rings is 2. The Morgan fingerprint density at radius 1 is 1.08 bits per heavy atom. The Kier molecular flexibility index (Phi) is 5.62. The molecule has 0 aromatic heterocycles. The second kappa shape index (κ2) is 7.53. The second-order valence-electron chi connectivity index (χ2n) is 6.63. The van der Waals surface area contributed by atoms with Crippen LogP contribution < -0.4 is 10.6 Å². The van der Waals surface area contributed by atoms with Crippen molar-refractivity contribution in [1.82, 2.24) is 5.32 Å². The summed E-state index contributed by atoms with van der Waals surface area (Å²) in [6.07, 6.45) is 0. The summed E-state index contributed by atoms with van der Waals surface area (Å²) in [4.78, 5) is 35.2. The number of anilines is 1. The van der Waals surface area contributed by atoms with Crippen LogP contribution in [-0.4, -0.2) is 22.3 Å². The topological polar surface area (TPSA) is 101 Å². The lowest BCUT2D eigenvalue weighted by molar-refractivity contribution is -0.384. The zero-order valence-electron chi connectivity index (χ0n) is 14.5. The van der Waals surface area contributed by atoms with Gasteiger partial charge in [0.05, 0.1) is 16.2 Å². The van der Waals surface area contributed by atoms with Crippen LogP contribution in [0.2, 0.25) is 5.02 Å². The lowest BCUT2D eigenvalue weighted by atomic mass is 10.1. The summed E-state index contributed by atoms with van der Waals surface area (Å²) in [6, 6.07) is 10.3. The van der Waals surface area contributed by atoms with Crippen LogP contribution in [0.5, 0.6) is 0 Å². The van der Waals surface area contributed by atoms with E-state index in [0.29, 0.717) is 11.3 Å². The fourth-order valence-corrected chi connectivity index (χ4v) is 2.37. The van der Waals surface area contributed by atoms with E-state index in [4.69, 9.17) is 11.6 Å². The Bertz CT molecular complexity index is 875. The Hall–Kier alpha value is -2.93. The van der Waals surface area contributed by atoms with E-state index in [-0.39, 0.29) is 22.2 Å². The van der Waals surface area contributed by atoms with Gasteiger partial charge in [-0.1, -0.05) is 23.7 Å². The molecular weight excluding hydrogens is 358 g/mol. The average molecular weight is 376 g/mol. The van der Waals surface area contributed by atoms with Gasteiger partial charge < -0.3 is 10.6 Å². The van der Waals surface area contributed by atoms with Gasteiger partial charge in [-0.25, -0.2) is 0 Å². The van der Waals surface area contributed by atoms with Crippen LogP contribution in [-0.2, 0) is 0 Å². The molecule has 2 aromatic carbocycles. The first kappa shape index (κ1) is 19.4. The summed E-state index contributed by atoms with van der Waals surface area (Å²) >= 11 is 5.76. The first-order chi connectivity index (χ1) is 12.1. The number of para-hydroxylation sites is 1. The van der Waals surface area contributed by atoms with Crippen molar-refractivity contribution in [1.29, 1.82) is 0 Å². The standard InChI is InChI=1S/C18H18ClN3O4/c1-18(2,3)21-17(24)12-6-4-5-7-14(12)20-16(23)11-8-9-13(19)15(10-11)22(25)26/h4-10H,1-3H3,(H,20,23)(H,21,24). The molecule has 7 nitrogen and oxygen atoms in total. The number of nitro groups is 1. The molecule has 0 spiro atoms. The molecule has 136 valence electrons. The lowest BCUT2D eigenvalue weighted by Gasteiger charge is -2.21. The van der Waals surface area contributed by atoms with Gasteiger partial charge in [0, 0.05) is 17.2 Å². The van der Waals surface area contributed by atoms with Gasteiger partial charge in [0.2, 0.25) is 0 Å². The van der Waals surface area contributed by atoms with Crippen LogP contribution >= 0.6 is 11.6 Å². The van der Waals surface area contributed by atoms with Crippen LogP contribution in [0.25, 0.3) is 0 Å². The van der Waals surface area contributed by atoms with E-state index >= 15 is 0 Å². The first-order valence-corrected chi connectivity index (χ1v) is 8.13. The number of hydrogen-bond acceptors (Lipinski definition) is 4. The number of hydrogen-bond donors (Lipinski definition) is 2. The van der Waals surface area contributed by atoms with Crippen molar-refractivity contribution in [3.8, 4) is 0 Å². The SMILES string of the molecule is CC(C)(C)NC(=O)c1ccccc1NC(=O)c1ccc(Cl)c([N+](=O)[O-])c1. The third-order valence-corrected chi connectivity index (χ3v) is 3.63. The van der Waals surface area contributed by atoms with E-state index in [9.17, 15) is 19.7 Å². The quantitative estimate of drug-likeness (QED) is 0.622. The molecule has 0 saturated heterocycles. The van der Waals surface area contributed by atoms with Crippen molar-refractivity contribution >= 4 is 34.8 Å². The minimum atomic E-state index is -0.663. The molecule has 2 aromatic rings. The molecule has 0 aliphatic carbocycles. The second-order valence-corrected chi connectivity index (χ2v) is 7.03. The number of carbonyl (C=O) groups is 2. The summed E-state index contributed by atoms with van der Waals surface area (Å²) in [6.45, 7) is 5.54. The average Bonchev–Trinajstić information content (AvgIpc) is 2.53. The Labute approximate surface area is 155 Å². The summed E-state index contributed by atoms with van der Waals surface area (Å²) in [5.74, 6) is -0.920. The molecule has 0 bridgehead atoms. The molecule has 0 heterocycles. The molecule has 0 fully saturated rings. The highest BCUT2D eigenvalue weighted by Gasteiger charge is 2.20. The Morgan fingerprint density at radius 3 is 2.35 bits per heavy atom. The van der Waals surface area contributed by atoms with Crippen molar-refractivity contribution in [2.75, 3.05) is 5.32 Å². The Morgan fingerprint density at radius 2 is 1.73 bits per heavy atom. The molecule has 26 heavy (non-hydrogen) atoms. The lowest BCUT2D eigenvalue weighted by Crippen LogP contribution is -2.40. The fourth-order valence-electron chi connectivity index (χ4n) is 2.19. The van der Waals surface area contributed by atoms with Gasteiger partial charge in [-0.15, -0.1) is 0 Å². The number of amides is 2. The Balaban J connectivity index is 2.29. The molecule has 2 rings (SSSR count). The van der Waals surface area contributed by atoms with E-state index in [1.165, 1.54) is 12.1 Å². The molecule has 0 radical (unpaired) electrons. The van der Waals surface area contributed by atoms with Crippen LogP contribution in [0, 0.1) is 10.1 Å². The zero-order chi connectivity index (χ0) is 19.5. The maximum atomic E-state index is 12.5. The predicted octanol–water partition coefficient (Wildman–Crippen LogP) is 4.03. The molecule has 0 aliphatic rings. The minimum absolute atomic E-state index is 0.0588. The number of nitrogens with zero attached hydrogens (tertiary/aromatic N) is 1. The molecular formula is C18H18ClN3O4. The zero-order valence-corrected chi connectivity index (χ0v) is 15.3. The molecule has 0 aliphatic heterocycles. The summed E-state index contributed by atoms with van der Waals surface area (Å²) < 4.78 is 0. The highest BCUT2D eigenvalue weighted by atomic mass is 35.5. The van der Waals surface area contributed by atoms with E-state index in [1.807, 2.05) is 20.8 Å². The molecule has 2 N–H and O–H groups in total. The summed E-state index contributed by atoms with van der Waals surface area (Å²) in [5.41, 5.74) is -0.147. The van der Waals surface area contributed by atoms with Crippen molar-refractivity contribution in [3.63, 3.8) is 0 Å². The van der Waals surface area contributed by atoms with Crippen molar-refractivity contribution in [2.45, 2.75) is 26.3 Å². The van der Waals surface area contributed by atoms with E-state index in [2.05, 4.69) is 10.6 Å². The number of halogens is 1. The number of rotatable bonds is 4. The smallest absolute Gasteiger partial charge is 0.288 e. The molecule has 2 amide bonds. The summed E-state index contributed by atoms with van der Waals surface area (Å²) in [5, 5.41) is 16.3. The molecule has 0 atom stereocenters. The number of carbonyl (C=O) groups excluding carboxylic acids is 2. The van der Waals surface area contributed by atoms with Gasteiger partial charge in [-0.05, 0) is 45.0 Å². The molecule has 8 heteroatoms. The predicted molar refractivity (Wildman–Crippen MR) is 99.7 cm³/mol. The third kappa shape index (κ3) is 4.80. The van der Waals surface area contributed by atoms with E-state index < -0.39 is 16.4 Å². The van der Waals surface area contributed by atoms with Gasteiger partial charge >= 0.3 is 0 Å². The highest BCUT2D eigenvalue weighted by Crippen LogP contribution is 2.26. The molecule has 0 unspecified atom stereocenters. The molecule has 0 saturated carbocycles. The van der Waals surface area contributed by atoms with E-state index in [0.717, 1.165) is 6.07 Å². The van der Waals surface area contributed by atoms with Gasteiger partial charge in [-0.2, -0.15) is 0 Å². The summed E-state index contributed by atoms with van der Waals surface area (Å²) in [7, 11) is 0. The number of nitro benzene ring substituents is 1.